The molecule has 140 valence electrons. The Hall–Kier alpha value is -0.950. The minimum absolute atomic E-state index is 0.192. The van der Waals surface area contributed by atoms with E-state index >= 15 is 0 Å². The molecule has 1 aromatic heterocycles. The number of aliphatic hydroxyl groups is 1. The summed E-state index contributed by atoms with van der Waals surface area (Å²) in [5.74, 6) is 0.909. The van der Waals surface area contributed by atoms with Crippen LogP contribution in [0.15, 0.2) is 17.5 Å². The second-order valence-corrected chi connectivity index (χ2v) is 8.57. The number of carbonyl (C=O) groups excluding carboxylic acids is 1. The first-order chi connectivity index (χ1) is 12.2. The van der Waals surface area contributed by atoms with Gasteiger partial charge in [-0.05, 0) is 37.3 Å². The Bertz CT molecular complexity index is 529. The number of likely N-dealkylation sites (tertiary alicyclic amines) is 1. The fourth-order valence-corrected chi connectivity index (χ4v) is 4.70. The normalized spacial score (nSPS) is 25.6. The Labute approximate surface area is 155 Å². The number of carbonyl (C=O) groups is 1. The van der Waals surface area contributed by atoms with Gasteiger partial charge in [-0.3, -0.25) is 4.79 Å². The van der Waals surface area contributed by atoms with E-state index < -0.39 is 0 Å². The summed E-state index contributed by atoms with van der Waals surface area (Å²) >= 11 is 1.76. The molecule has 2 aliphatic heterocycles. The second kappa shape index (κ2) is 9.12. The summed E-state index contributed by atoms with van der Waals surface area (Å²) in [4.78, 5) is 20.8. The predicted molar refractivity (Wildman–Crippen MR) is 102 cm³/mol. The highest BCUT2D eigenvalue weighted by atomic mass is 32.1. The van der Waals surface area contributed by atoms with Crippen molar-refractivity contribution in [2.45, 2.75) is 19.3 Å². The van der Waals surface area contributed by atoms with Crippen LogP contribution in [0.4, 0.5) is 0 Å². The molecule has 2 atom stereocenters. The Balaban J connectivity index is 1.44. The number of piperazine rings is 1. The van der Waals surface area contributed by atoms with Crippen molar-refractivity contribution in [1.29, 1.82) is 0 Å². The van der Waals surface area contributed by atoms with Gasteiger partial charge in [-0.1, -0.05) is 6.07 Å². The fourth-order valence-electron chi connectivity index (χ4n) is 3.94. The van der Waals surface area contributed by atoms with Crippen LogP contribution in [0.25, 0.3) is 0 Å². The molecule has 1 amide bonds. The van der Waals surface area contributed by atoms with Crippen LogP contribution in [-0.2, 0) is 11.2 Å². The number of hydrogen-bond acceptors (Lipinski definition) is 5. The largest absolute Gasteiger partial charge is 0.396 e. The molecule has 0 saturated carbocycles. The summed E-state index contributed by atoms with van der Waals surface area (Å²) in [6.45, 7) is 7.17. The van der Waals surface area contributed by atoms with Crippen LogP contribution >= 0.6 is 11.3 Å². The molecule has 0 spiro atoms. The van der Waals surface area contributed by atoms with Crippen LogP contribution in [0.2, 0.25) is 0 Å². The zero-order valence-corrected chi connectivity index (χ0v) is 16.1. The van der Waals surface area contributed by atoms with E-state index in [1.165, 1.54) is 4.88 Å². The molecule has 3 heterocycles. The smallest absolute Gasteiger partial charge is 0.222 e. The third-order valence-electron chi connectivity index (χ3n) is 5.65. The number of aliphatic hydroxyl groups excluding tert-OH is 1. The maximum absolute atomic E-state index is 12.5. The summed E-state index contributed by atoms with van der Waals surface area (Å²) in [5, 5.41) is 11.8. The van der Waals surface area contributed by atoms with Crippen LogP contribution in [0, 0.1) is 11.8 Å². The molecule has 0 aliphatic carbocycles. The zero-order chi connectivity index (χ0) is 17.6. The summed E-state index contributed by atoms with van der Waals surface area (Å²) in [6, 6.07) is 4.20. The standard InChI is InChI=1S/C19H31N3O2S/c1-20-7-9-21(10-8-20)12-16-13-22(14-17(16)15-23)19(24)6-2-4-18-5-3-11-25-18/h3,5,11,16-17,23H,2,4,6-10,12-15H2,1H3/t16-,17-/m1/s1. The minimum atomic E-state index is 0.192. The number of amides is 1. The van der Waals surface area contributed by atoms with Gasteiger partial charge in [0.25, 0.3) is 0 Å². The predicted octanol–water partition coefficient (Wildman–Crippen LogP) is 1.39. The molecule has 3 rings (SSSR count). The van der Waals surface area contributed by atoms with Gasteiger partial charge < -0.3 is 19.8 Å². The molecule has 25 heavy (non-hydrogen) atoms. The Morgan fingerprint density at radius 1 is 1.24 bits per heavy atom. The minimum Gasteiger partial charge on any atom is -0.396 e. The highest BCUT2D eigenvalue weighted by molar-refractivity contribution is 7.09. The SMILES string of the molecule is CN1CCN(C[C@@H]2CN(C(=O)CCCc3cccs3)C[C@@H]2CO)CC1. The average Bonchev–Trinajstić information content (AvgIpc) is 3.26. The molecule has 1 N–H and O–H groups in total. The van der Waals surface area contributed by atoms with Crippen LogP contribution in [-0.4, -0.2) is 85.2 Å². The van der Waals surface area contributed by atoms with E-state index in [0.29, 0.717) is 12.3 Å². The highest BCUT2D eigenvalue weighted by Crippen LogP contribution is 2.25. The third kappa shape index (κ3) is 5.26. The van der Waals surface area contributed by atoms with E-state index in [0.717, 1.165) is 58.7 Å². The van der Waals surface area contributed by atoms with Crippen molar-refractivity contribution in [3.05, 3.63) is 22.4 Å². The summed E-state index contributed by atoms with van der Waals surface area (Å²) < 4.78 is 0. The van der Waals surface area contributed by atoms with Crippen molar-refractivity contribution in [3.8, 4) is 0 Å². The summed E-state index contributed by atoms with van der Waals surface area (Å²) in [5.41, 5.74) is 0. The number of hydrogen-bond donors (Lipinski definition) is 1. The van der Waals surface area contributed by atoms with Crippen LogP contribution in [0.1, 0.15) is 17.7 Å². The Morgan fingerprint density at radius 2 is 2.00 bits per heavy atom. The maximum atomic E-state index is 12.5. The molecule has 2 fully saturated rings. The second-order valence-electron chi connectivity index (χ2n) is 7.54. The Kier molecular flexibility index (Phi) is 6.87. The first-order valence-electron chi connectivity index (χ1n) is 9.47. The van der Waals surface area contributed by atoms with E-state index in [2.05, 4.69) is 34.4 Å². The Morgan fingerprint density at radius 3 is 2.68 bits per heavy atom. The van der Waals surface area contributed by atoms with Crippen LogP contribution in [0.5, 0.6) is 0 Å². The van der Waals surface area contributed by atoms with Gasteiger partial charge in [0.2, 0.25) is 5.91 Å². The van der Waals surface area contributed by atoms with Gasteiger partial charge in [0.15, 0.2) is 0 Å². The first kappa shape index (κ1) is 18.8. The maximum Gasteiger partial charge on any atom is 0.222 e. The van der Waals surface area contributed by atoms with E-state index in [-0.39, 0.29) is 18.4 Å². The third-order valence-corrected chi connectivity index (χ3v) is 6.58. The number of likely N-dealkylation sites (N-methyl/N-ethyl adjacent to an activating group) is 1. The lowest BCUT2D eigenvalue weighted by Crippen LogP contribution is -2.47. The molecule has 2 saturated heterocycles. The van der Waals surface area contributed by atoms with Crippen molar-refractivity contribution >= 4 is 17.2 Å². The quantitative estimate of drug-likeness (QED) is 0.793. The number of rotatable bonds is 7. The van der Waals surface area contributed by atoms with Crippen molar-refractivity contribution in [1.82, 2.24) is 14.7 Å². The topological polar surface area (TPSA) is 47.0 Å². The molecule has 6 heteroatoms. The van der Waals surface area contributed by atoms with E-state index in [9.17, 15) is 9.90 Å². The van der Waals surface area contributed by atoms with E-state index in [4.69, 9.17) is 0 Å². The van der Waals surface area contributed by atoms with Crippen molar-refractivity contribution in [3.63, 3.8) is 0 Å². The van der Waals surface area contributed by atoms with E-state index in [1.807, 2.05) is 4.90 Å². The molecule has 0 radical (unpaired) electrons. The zero-order valence-electron chi connectivity index (χ0n) is 15.3. The molecule has 2 aliphatic rings. The van der Waals surface area contributed by atoms with Crippen LogP contribution < -0.4 is 0 Å². The highest BCUT2D eigenvalue weighted by Gasteiger charge is 2.35. The lowest BCUT2D eigenvalue weighted by molar-refractivity contribution is -0.130. The fraction of sp³-hybridized carbons (Fsp3) is 0.737. The number of nitrogens with zero attached hydrogens (tertiary/aromatic N) is 3. The van der Waals surface area contributed by atoms with Crippen molar-refractivity contribution in [2.24, 2.45) is 11.8 Å². The molecule has 1 aromatic rings. The van der Waals surface area contributed by atoms with Crippen molar-refractivity contribution < 1.29 is 9.90 Å². The summed E-state index contributed by atoms with van der Waals surface area (Å²) in [7, 11) is 2.17. The van der Waals surface area contributed by atoms with Gasteiger partial charge in [0.1, 0.15) is 0 Å². The molecule has 0 aromatic carbocycles. The average molecular weight is 366 g/mol. The lowest BCUT2D eigenvalue weighted by Gasteiger charge is -2.34. The van der Waals surface area contributed by atoms with Gasteiger partial charge in [0, 0.05) is 69.6 Å². The van der Waals surface area contributed by atoms with Gasteiger partial charge in [0.05, 0.1) is 0 Å². The lowest BCUT2D eigenvalue weighted by atomic mass is 9.96. The van der Waals surface area contributed by atoms with Gasteiger partial charge in [-0.25, -0.2) is 0 Å². The van der Waals surface area contributed by atoms with E-state index in [1.54, 1.807) is 11.3 Å². The monoisotopic (exact) mass is 365 g/mol. The van der Waals surface area contributed by atoms with Crippen molar-refractivity contribution in [2.75, 3.05) is 59.5 Å². The molecule has 0 unspecified atom stereocenters. The number of thiophene rings is 1. The molecule has 5 nitrogen and oxygen atoms in total. The van der Waals surface area contributed by atoms with Gasteiger partial charge in [-0.15, -0.1) is 11.3 Å². The first-order valence-corrected chi connectivity index (χ1v) is 10.4. The van der Waals surface area contributed by atoms with Gasteiger partial charge >= 0.3 is 0 Å². The molecule has 0 bridgehead atoms. The van der Waals surface area contributed by atoms with Gasteiger partial charge in [-0.2, -0.15) is 0 Å². The molecular formula is C19H31N3O2S. The van der Waals surface area contributed by atoms with Crippen LogP contribution in [0.3, 0.4) is 0 Å². The molecular weight excluding hydrogens is 334 g/mol. The summed E-state index contributed by atoms with van der Waals surface area (Å²) in [6.07, 6.45) is 2.53. The number of aryl methyl sites for hydroxylation is 1.